The monoisotopic (exact) mass is 280 g/mol. The predicted octanol–water partition coefficient (Wildman–Crippen LogP) is 2.62. The van der Waals surface area contributed by atoms with Gasteiger partial charge in [0.05, 0.1) is 17.2 Å². The van der Waals surface area contributed by atoms with Gasteiger partial charge in [-0.3, -0.25) is 4.99 Å². The third kappa shape index (κ3) is 4.82. The lowest BCUT2D eigenvalue weighted by Crippen LogP contribution is -2.37. The highest BCUT2D eigenvalue weighted by Crippen LogP contribution is 2.33. The molecule has 1 aliphatic rings. The number of aliphatic imine (C=N–C) groups is 1. The molecule has 0 bridgehead atoms. The molecule has 1 aliphatic carbocycles. The van der Waals surface area contributed by atoms with Gasteiger partial charge in [-0.1, -0.05) is 12.8 Å². The van der Waals surface area contributed by atoms with Crippen LogP contribution in [-0.4, -0.2) is 24.5 Å². The minimum Gasteiger partial charge on any atom is -0.356 e. The molecule has 0 aliphatic heterocycles. The van der Waals surface area contributed by atoms with Crippen LogP contribution >= 0.6 is 11.3 Å². The fourth-order valence-corrected chi connectivity index (χ4v) is 3.00. The maximum atomic E-state index is 4.43. The molecule has 5 heteroatoms. The van der Waals surface area contributed by atoms with Gasteiger partial charge in [0.15, 0.2) is 5.96 Å². The number of hydrogen-bond acceptors (Lipinski definition) is 3. The molecule has 0 radical (unpaired) electrons. The van der Waals surface area contributed by atoms with E-state index in [0.29, 0.717) is 0 Å². The lowest BCUT2D eigenvalue weighted by molar-refractivity contribution is 0.645. The minimum atomic E-state index is 0.805. The Morgan fingerprint density at radius 2 is 2.16 bits per heavy atom. The van der Waals surface area contributed by atoms with Crippen molar-refractivity contribution in [1.29, 1.82) is 0 Å². The molecule has 0 unspecified atom stereocenters. The van der Waals surface area contributed by atoms with Crippen LogP contribution in [0.2, 0.25) is 0 Å². The fraction of sp³-hybridized carbons (Fsp3) is 0.714. The maximum absolute atomic E-state index is 4.43. The van der Waals surface area contributed by atoms with Crippen LogP contribution in [0.4, 0.5) is 0 Å². The van der Waals surface area contributed by atoms with Crippen LogP contribution < -0.4 is 10.6 Å². The Balaban J connectivity index is 1.68. The quantitative estimate of drug-likeness (QED) is 0.478. The van der Waals surface area contributed by atoms with Gasteiger partial charge in [-0.15, -0.1) is 11.3 Å². The number of hydrogen-bond donors (Lipinski definition) is 2. The zero-order valence-electron chi connectivity index (χ0n) is 12.1. The van der Waals surface area contributed by atoms with Crippen molar-refractivity contribution in [1.82, 2.24) is 15.6 Å². The molecule has 2 rings (SSSR count). The van der Waals surface area contributed by atoms with Crippen LogP contribution in [0.5, 0.6) is 0 Å². The summed E-state index contributed by atoms with van der Waals surface area (Å²) in [6, 6.07) is 0. The Morgan fingerprint density at radius 1 is 1.37 bits per heavy atom. The Morgan fingerprint density at radius 3 is 2.74 bits per heavy atom. The van der Waals surface area contributed by atoms with Gasteiger partial charge in [0.2, 0.25) is 0 Å². The number of aryl methyl sites for hydroxylation is 2. The first-order valence-electron chi connectivity index (χ1n) is 7.06. The number of rotatable bonds is 6. The van der Waals surface area contributed by atoms with Crippen LogP contribution in [0.25, 0.3) is 0 Å². The van der Waals surface area contributed by atoms with Gasteiger partial charge in [-0.2, -0.15) is 0 Å². The van der Waals surface area contributed by atoms with Crippen LogP contribution in [-0.2, 0) is 6.54 Å². The average Bonchev–Trinajstić information content (AvgIpc) is 3.14. The second kappa shape index (κ2) is 6.89. The molecule has 0 spiro atoms. The van der Waals surface area contributed by atoms with Crippen molar-refractivity contribution in [3.63, 3.8) is 0 Å². The van der Waals surface area contributed by atoms with Crippen molar-refractivity contribution in [3.05, 3.63) is 15.6 Å². The van der Waals surface area contributed by atoms with E-state index in [1.165, 1.54) is 30.6 Å². The Bertz CT molecular complexity index is 435. The second-order valence-corrected chi connectivity index (χ2v) is 6.47. The molecule has 2 N–H and O–H groups in total. The van der Waals surface area contributed by atoms with Crippen molar-refractivity contribution in [2.45, 2.75) is 46.1 Å². The first-order chi connectivity index (χ1) is 9.19. The summed E-state index contributed by atoms with van der Waals surface area (Å²) in [6.07, 6.45) is 5.48. The molecule has 0 atom stereocenters. The molecule has 0 saturated heterocycles. The molecule has 1 aromatic rings. The van der Waals surface area contributed by atoms with Gasteiger partial charge in [0.1, 0.15) is 0 Å². The van der Waals surface area contributed by atoms with Crippen molar-refractivity contribution in [3.8, 4) is 0 Å². The smallest absolute Gasteiger partial charge is 0.191 e. The summed E-state index contributed by atoms with van der Waals surface area (Å²) in [6.45, 7) is 5.93. The summed E-state index contributed by atoms with van der Waals surface area (Å²) in [4.78, 5) is 9.98. The Labute approximate surface area is 119 Å². The zero-order valence-corrected chi connectivity index (χ0v) is 12.9. The van der Waals surface area contributed by atoms with Gasteiger partial charge < -0.3 is 10.6 Å². The van der Waals surface area contributed by atoms with Crippen molar-refractivity contribution in [2.24, 2.45) is 10.9 Å². The van der Waals surface area contributed by atoms with Crippen LogP contribution in [0.1, 0.15) is 41.3 Å². The fourth-order valence-electron chi connectivity index (χ4n) is 2.13. The molecular formula is C14H24N4S. The van der Waals surface area contributed by atoms with E-state index in [0.717, 1.165) is 35.7 Å². The van der Waals surface area contributed by atoms with E-state index in [1.807, 2.05) is 14.0 Å². The third-order valence-electron chi connectivity index (χ3n) is 3.42. The molecular weight excluding hydrogens is 256 g/mol. The summed E-state index contributed by atoms with van der Waals surface area (Å²) < 4.78 is 0. The SMILES string of the molecule is CN=C(NCCCC1CC1)NCc1sc(C)nc1C. The van der Waals surface area contributed by atoms with Gasteiger partial charge in [0, 0.05) is 18.5 Å². The number of thiazole rings is 1. The minimum absolute atomic E-state index is 0.805. The Hall–Kier alpha value is -1.10. The molecule has 1 fully saturated rings. The van der Waals surface area contributed by atoms with Crippen molar-refractivity contribution in [2.75, 3.05) is 13.6 Å². The summed E-state index contributed by atoms with van der Waals surface area (Å²) in [5.41, 5.74) is 1.12. The molecule has 106 valence electrons. The highest BCUT2D eigenvalue weighted by Gasteiger charge is 2.19. The molecule has 4 nitrogen and oxygen atoms in total. The highest BCUT2D eigenvalue weighted by molar-refractivity contribution is 7.11. The van der Waals surface area contributed by atoms with Gasteiger partial charge in [-0.25, -0.2) is 4.98 Å². The maximum Gasteiger partial charge on any atom is 0.191 e. The molecule has 1 aromatic heterocycles. The number of aromatic nitrogens is 1. The normalized spacial score (nSPS) is 15.6. The summed E-state index contributed by atoms with van der Waals surface area (Å²) >= 11 is 1.75. The van der Waals surface area contributed by atoms with E-state index in [-0.39, 0.29) is 0 Å². The summed E-state index contributed by atoms with van der Waals surface area (Å²) in [5, 5.41) is 7.85. The van der Waals surface area contributed by atoms with E-state index < -0.39 is 0 Å². The second-order valence-electron chi connectivity index (χ2n) is 5.18. The largest absolute Gasteiger partial charge is 0.356 e. The first kappa shape index (κ1) is 14.3. The van der Waals surface area contributed by atoms with E-state index in [1.54, 1.807) is 11.3 Å². The van der Waals surface area contributed by atoms with Crippen LogP contribution in [0, 0.1) is 19.8 Å². The lowest BCUT2D eigenvalue weighted by atomic mass is 10.2. The summed E-state index contributed by atoms with van der Waals surface area (Å²) in [5.74, 6) is 1.90. The van der Waals surface area contributed by atoms with E-state index in [4.69, 9.17) is 0 Å². The lowest BCUT2D eigenvalue weighted by Gasteiger charge is -2.11. The summed E-state index contributed by atoms with van der Waals surface area (Å²) in [7, 11) is 1.82. The third-order valence-corrected chi connectivity index (χ3v) is 4.49. The van der Waals surface area contributed by atoms with E-state index in [2.05, 4.69) is 27.5 Å². The van der Waals surface area contributed by atoms with Crippen LogP contribution in [0.15, 0.2) is 4.99 Å². The van der Waals surface area contributed by atoms with Gasteiger partial charge >= 0.3 is 0 Å². The molecule has 1 saturated carbocycles. The van der Waals surface area contributed by atoms with E-state index in [9.17, 15) is 0 Å². The molecule has 19 heavy (non-hydrogen) atoms. The van der Waals surface area contributed by atoms with Crippen LogP contribution in [0.3, 0.4) is 0 Å². The number of nitrogens with zero attached hydrogens (tertiary/aromatic N) is 2. The predicted molar refractivity (Wildman–Crippen MR) is 81.7 cm³/mol. The standard InChI is InChI=1S/C14H24N4S/c1-10-13(19-11(2)18-10)9-17-14(15-3)16-8-4-5-12-6-7-12/h12H,4-9H2,1-3H3,(H2,15,16,17). The molecule has 0 aromatic carbocycles. The van der Waals surface area contributed by atoms with Crippen molar-refractivity contribution < 1.29 is 0 Å². The highest BCUT2D eigenvalue weighted by atomic mass is 32.1. The Kier molecular flexibility index (Phi) is 5.19. The molecule has 1 heterocycles. The molecule has 0 amide bonds. The number of nitrogens with one attached hydrogen (secondary N) is 2. The van der Waals surface area contributed by atoms with Gasteiger partial charge in [0.25, 0.3) is 0 Å². The number of guanidine groups is 1. The zero-order chi connectivity index (χ0) is 13.7. The van der Waals surface area contributed by atoms with E-state index >= 15 is 0 Å². The first-order valence-corrected chi connectivity index (χ1v) is 7.88. The van der Waals surface area contributed by atoms with Gasteiger partial charge in [-0.05, 0) is 32.6 Å². The topological polar surface area (TPSA) is 49.3 Å². The van der Waals surface area contributed by atoms with Crippen molar-refractivity contribution >= 4 is 17.3 Å². The average molecular weight is 280 g/mol.